The predicted molar refractivity (Wildman–Crippen MR) is 129 cm³/mol. The molecular formula is C26H27N3O5. The summed E-state index contributed by atoms with van der Waals surface area (Å²) in [6, 6.07) is 13.4. The van der Waals surface area contributed by atoms with Crippen molar-refractivity contribution in [3.63, 3.8) is 0 Å². The van der Waals surface area contributed by atoms with Crippen LogP contribution >= 0.6 is 0 Å². The van der Waals surface area contributed by atoms with Crippen LogP contribution in [-0.4, -0.2) is 41.3 Å². The smallest absolute Gasteiger partial charge is 0.335 e. The number of carboxylic acid groups (broad SMARTS) is 1. The van der Waals surface area contributed by atoms with Gasteiger partial charge in [0.05, 0.1) is 22.5 Å². The molecule has 0 saturated heterocycles. The lowest BCUT2D eigenvalue weighted by atomic mass is 9.95. The summed E-state index contributed by atoms with van der Waals surface area (Å²) in [6.07, 6.45) is 7.20. The zero-order valence-corrected chi connectivity index (χ0v) is 19.0. The van der Waals surface area contributed by atoms with E-state index in [4.69, 9.17) is 9.84 Å². The molecular weight excluding hydrogens is 434 g/mol. The number of rotatable bonds is 7. The Hall–Kier alpha value is -3.94. The molecule has 2 aromatic carbocycles. The van der Waals surface area contributed by atoms with Gasteiger partial charge in [0.1, 0.15) is 5.75 Å². The van der Waals surface area contributed by atoms with Crippen LogP contribution in [0.4, 0.5) is 5.69 Å². The van der Waals surface area contributed by atoms with Crippen molar-refractivity contribution in [2.75, 3.05) is 11.6 Å². The number of nitrogens with one attached hydrogen (secondary N) is 1. The van der Waals surface area contributed by atoms with Gasteiger partial charge in [0, 0.05) is 11.6 Å². The van der Waals surface area contributed by atoms with Gasteiger partial charge in [-0.25, -0.2) is 4.79 Å². The number of hydrogen-bond donors (Lipinski definition) is 2. The molecule has 1 fully saturated rings. The SMILES string of the molecule is CC1=NN(c2ccc(C(=O)O)cc2)C(=O)C1=Cc1ccccc1OCC(=O)NC1CCCCC1. The summed E-state index contributed by atoms with van der Waals surface area (Å²) < 4.78 is 5.79. The van der Waals surface area contributed by atoms with E-state index in [1.165, 1.54) is 23.6 Å². The van der Waals surface area contributed by atoms with Crippen LogP contribution in [0.25, 0.3) is 6.08 Å². The summed E-state index contributed by atoms with van der Waals surface area (Å²) in [6.45, 7) is 1.64. The molecule has 0 bridgehead atoms. The first-order valence-electron chi connectivity index (χ1n) is 11.4. The normalized spacial score (nSPS) is 17.6. The number of para-hydroxylation sites is 1. The largest absolute Gasteiger partial charge is 0.483 e. The number of aromatic carboxylic acids is 1. The number of ether oxygens (including phenoxy) is 1. The summed E-state index contributed by atoms with van der Waals surface area (Å²) in [5, 5.41) is 17.7. The zero-order valence-electron chi connectivity index (χ0n) is 19.0. The van der Waals surface area contributed by atoms with Crippen molar-refractivity contribution >= 4 is 35.3 Å². The van der Waals surface area contributed by atoms with Crippen molar-refractivity contribution in [2.24, 2.45) is 5.10 Å². The molecule has 1 heterocycles. The van der Waals surface area contributed by atoms with E-state index in [0.29, 0.717) is 28.3 Å². The summed E-state index contributed by atoms with van der Waals surface area (Å²) in [5.41, 5.74) is 2.18. The topological polar surface area (TPSA) is 108 Å². The van der Waals surface area contributed by atoms with Crippen molar-refractivity contribution in [1.82, 2.24) is 5.32 Å². The molecule has 4 rings (SSSR count). The number of nitrogens with zero attached hydrogens (tertiary/aromatic N) is 2. The van der Waals surface area contributed by atoms with E-state index >= 15 is 0 Å². The molecule has 2 aromatic rings. The number of carbonyl (C=O) groups excluding carboxylic acids is 2. The van der Waals surface area contributed by atoms with E-state index in [2.05, 4.69) is 10.4 Å². The standard InChI is InChI=1S/C26H27N3O5/c1-17-22(25(31)29(28-17)21-13-11-18(12-14-21)26(32)33)15-19-7-5-6-10-23(19)34-16-24(30)27-20-8-3-2-4-9-20/h5-7,10-15,20H,2-4,8-9,16H2,1H3,(H,27,30)(H,32,33). The Morgan fingerprint density at radius 2 is 1.82 bits per heavy atom. The molecule has 1 aliphatic carbocycles. The molecule has 34 heavy (non-hydrogen) atoms. The second kappa shape index (κ2) is 10.3. The third kappa shape index (κ3) is 5.33. The van der Waals surface area contributed by atoms with E-state index < -0.39 is 5.97 Å². The number of carbonyl (C=O) groups is 3. The van der Waals surface area contributed by atoms with Crippen molar-refractivity contribution in [1.29, 1.82) is 0 Å². The van der Waals surface area contributed by atoms with Gasteiger partial charge in [0.15, 0.2) is 6.61 Å². The predicted octanol–water partition coefficient (Wildman–Crippen LogP) is 4.02. The van der Waals surface area contributed by atoms with Gasteiger partial charge in [0.25, 0.3) is 11.8 Å². The van der Waals surface area contributed by atoms with E-state index in [0.717, 1.165) is 25.7 Å². The molecule has 2 N–H and O–H groups in total. The van der Waals surface area contributed by atoms with Gasteiger partial charge >= 0.3 is 5.97 Å². The number of hydrogen-bond acceptors (Lipinski definition) is 5. The van der Waals surface area contributed by atoms with Gasteiger partial charge in [-0.1, -0.05) is 37.5 Å². The minimum atomic E-state index is -1.04. The van der Waals surface area contributed by atoms with Crippen molar-refractivity contribution in [2.45, 2.75) is 45.1 Å². The Kier molecular flexibility index (Phi) is 7.06. The number of benzene rings is 2. The van der Waals surface area contributed by atoms with Crippen LogP contribution < -0.4 is 15.1 Å². The number of carboxylic acids is 1. The van der Waals surface area contributed by atoms with Crippen LogP contribution in [0.3, 0.4) is 0 Å². The maximum atomic E-state index is 13.1. The zero-order chi connectivity index (χ0) is 24.1. The second-order valence-electron chi connectivity index (χ2n) is 8.44. The summed E-state index contributed by atoms with van der Waals surface area (Å²) in [7, 11) is 0. The Morgan fingerprint density at radius 3 is 2.53 bits per heavy atom. The Balaban J connectivity index is 1.46. The Labute approximate surface area is 197 Å². The van der Waals surface area contributed by atoms with Crippen LogP contribution in [-0.2, 0) is 9.59 Å². The molecule has 1 aliphatic heterocycles. The molecule has 176 valence electrons. The van der Waals surface area contributed by atoms with Gasteiger partial charge in [-0.2, -0.15) is 10.1 Å². The average Bonchev–Trinajstić information content (AvgIpc) is 3.12. The van der Waals surface area contributed by atoms with Crippen LogP contribution in [0, 0.1) is 0 Å². The highest BCUT2D eigenvalue weighted by atomic mass is 16.5. The lowest BCUT2D eigenvalue weighted by molar-refractivity contribution is -0.124. The first-order chi connectivity index (χ1) is 16.4. The fourth-order valence-electron chi connectivity index (χ4n) is 4.15. The third-order valence-corrected chi connectivity index (χ3v) is 5.97. The summed E-state index contributed by atoms with van der Waals surface area (Å²) >= 11 is 0. The maximum absolute atomic E-state index is 13.1. The van der Waals surface area contributed by atoms with E-state index in [-0.39, 0.29) is 30.0 Å². The van der Waals surface area contributed by atoms with Crippen molar-refractivity contribution in [3.05, 3.63) is 65.2 Å². The van der Waals surface area contributed by atoms with Crippen LogP contribution in [0.5, 0.6) is 5.75 Å². The molecule has 0 radical (unpaired) electrons. The van der Waals surface area contributed by atoms with E-state index in [9.17, 15) is 14.4 Å². The average molecular weight is 462 g/mol. The van der Waals surface area contributed by atoms with Gasteiger partial charge in [-0.05, 0) is 56.2 Å². The molecule has 0 unspecified atom stereocenters. The molecule has 1 saturated carbocycles. The quantitative estimate of drug-likeness (QED) is 0.606. The first-order valence-corrected chi connectivity index (χ1v) is 11.4. The third-order valence-electron chi connectivity index (χ3n) is 5.97. The van der Waals surface area contributed by atoms with Crippen LogP contribution in [0.1, 0.15) is 54.9 Å². The summed E-state index contributed by atoms with van der Waals surface area (Å²) in [5.74, 6) is -1.02. The van der Waals surface area contributed by atoms with Crippen molar-refractivity contribution in [3.8, 4) is 5.75 Å². The fourth-order valence-corrected chi connectivity index (χ4v) is 4.15. The second-order valence-corrected chi connectivity index (χ2v) is 8.44. The number of amides is 2. The molecule has 2 amide bonds. The molecule has 0 spiro atoms. The highest BCUT2D eigenvalue weighted by Gasteiger charge is 2.29. The van der Waals surface area contributed by atoms with E-state index in [1.807, 2.05) is 18.2 Å². The van der Waals surface area contributed by atoms with Gasteiger partial charge in [-0.15, -0.1) is 0 Å². The van der Waals surface area contributed by atoms with Crippen LogP contribution in [0.2, 0.25) is 0 Å². The lowest BCUT2D eigenvalue weighted by Gasteiger charge is -2.22. The highest BCUT2D eigenvalue weighted by molar-refractivity contribution is 6.32. The fraction of sp³-hybridized carbons (Fsp3) is 0.308. The lowest BCUT2D eigenvalue weighted by Crippen LogP contribution is -2.39. The minimum absolute atomic E-state index is 0.0975. The van der Waals surface area contributed by atoms with Gasteiger partial charge in [0.2, 0.25) is 0 Å². The van der Waals surface area contributed by atoms with E-state index in [1.54, 1.807) is 31.2 Å². The minimum Gasteiger partial charge on any atom is -0.483 e. The Bertz CT molecular complexity index is 1150. The van der Waals surface area contributed by atoms with Crippen molar-refractivity contribution < 1.29 is 24.2 Å². The maximum Gasteiger partial charge on any atom is 0.335 e. The molecule has 2 aliphatic rings. The van der Waals surface area contributed by atoms with Crippen LogP contribution in [0.15, 0.2) is 59.2 Å². The van der Waals surface area contributed by atoms with Gasteiger partial charge < -0.3 is 15.2 Å². The van der Waals surface area contributed by atoms with Gasteiger partial charge in [-0.3, -0.25) is 9.59 Å². The molecule has 0 aromatic heterocycles. The first kappa shape index (κ1) is 23.2. The number of hydrazone groups is 1. The Morgan fingerprint density at radius 1 is 1.12 bits per heavy atom. The highest BCUT2D eigenvalue weighted by Crippen LogP contribution is 2.28. The molecule has 8 nitrogen and oxygen atoms in total. The number of anilines is 1. The monoisotopic (exact) mass is 461 g/mol. The molecule has 8 heteroatoms. The molecule has 0 atom stereocenters. The summed E-state index contributed by atoms with van der Waals surface area (Å²) in [4.78, 5) is 36.5.